The van der Waals surface area contributed by atoms with Crippen molar-refractivity contribution in [3.8, 4) is 11.5 Å². The molecule has 0 radical (unpaired) electrons. The number of esters is 1. The van der Waals surface area contributed by atoms with Crippen molar-refractivity contribution in [3.63, 3.8) is 0 Å². The molecule has 6 heteroatoms. The van der Waals surface area contributed by atoms with Gasteiger partial charge in [0.1, 0.15) is 0 Å². The summed E-state index contributed by atoms with van der Waals surface area (Å²) in [5, 5.41) is 2.70. The minimum Gasteiger partial charge on any atom is -0.490 e. The largest absolute Gasteiger partial charge is 0.490 e. The number of hydrogen-bond acceptors (Lipinski definition) is 5. The van der Waals surface area contributed by atoms with E-state index in [1.165, 1.54) is 5.56 Å². The predicted octanol–water partition coefficient (Wildman–Crippen LogP) is 4.16. The van der Waals surface area contributed by atoms with Gasteiger partial charge >= 0.3 is 5.97 Å². The van der Waals surface area contributed by atoms with E-state index in [0.717, 1.165) is 0 Å². The standard InChI is InChI=1S/C22H27NO5/c1-4-26-19-7-5-6-8-20(19)27-14-13-22(25)28-15-21(24)23-18-11-9-17(10-12-18)16(2)3/h5-12,16H,4,13-15H2,1-3H3,(H,23,24). The van der Waals surface area contributed by atoms with E-state index in [1.54, 1.807) is 12.1 Å². The first-order valence-electron chi connectivity index (χ1n) is 9.39. The third-order valence-corrected chi connectivity index (χ3v) is 3.94. The van der Waals surface area contributed by atoms with Crippen LogP contribution in [-0.2, 0) is 14.3 Å². The van der Waals surface area contributed by atoms with E-state index in [2.05, 4.69) is 19.2 Å². The molecule has 0 atom stereocenters. The molecule has 0 saturated heterocycles. The summed E-state index contributed by atoms with van der Waals surface area (Å²) in [4.78, 5) is 23.7. The van der Waals surface area contributed by atoms with Gasteiger partial charge in [-0.1, -0.05) is 38.1 Å². The number of rotatable bonds is 10. The Morgan fingerprint density at radius 2 is 1.61 bits per heavy atom. The van der Waals surface area contributed by atoms with Gasteiger partial charge < -0.3 is 19.5 Å². The van der Waals surface area contributed by atoms with Crippen LogP contribution in [0.2, 0.25) is 0 Å². The number of carbonyl (C=O) groups excluding carboxylic acids is 2. The van der Waals surface area contributed by atoms with Crippen molar-refractivity contribution in [1.29, 1.82) is 0 Å². The minimum atomic E-state index is -0.501. The van der Waals surface area contributed by atoms with E-state index in [9.17, 15) is 9.59 Å². The van der Waals surface area contributed by atoms with E-state index in [-0.39, 0.29) is 25.5 Å². The molecule has 0 aromatic heterocycles. The number of hydrogen-bond donors (Lipinski definition) is 1. The lowest BCUT2D eigenvalue weighted by molar-refractivity contribution is -0.147. The molecule has 2 aromatic rings. The first kappa shape index (κ1) is 21.3. The molecule has 1 N–H and O–H groups in total. The van der Waals surface area contributed by atoms with Gasteiger partial charge in [0.2, 0.25) is 0 Å². The Morgan fingerprint density at radius 3 is 2.21 bits per heavy atom. The van der Waals surface area contributed by atoms with Gasteiger partial charge in [-0.05, 0) is 42.7 Å². The average Bonchev–Trinajstić information content (AvgIpc) is 2.68. The first-order valence-corrected chi connectivity index (χ1v) is 9.39. The Bertz CT molecular complexity index is 771. The smallest absolute Gasteiger partial charge is 0.309 e. The van der Waals surface area contributed by atoms with E-state index in [1.807, 2.05) is 43.3 Å². The molecule has 0 heterocycles. The van der Waals surface area contributed by atoms with Crippen LogP contribution in [0.5, 0.6) is 11.5 Å². The van der Waals surface area contributed by atoms with Gasteiger partial charge in [0.05, 0.1) is 19.6 Å². The molecule has 0 bridgehead atoms. The van der Waals surface area contributed by atoms with Gasteiger partial charge in [-0.25, -0.2) is 0 Å². The molecular formula is C22H27NO5. The summed E-state index contributed by atoms with van der Waals surface area (Å²) in [5.41, 5.74) is 1.86. The van der Waals surface area contributed by atoms with Crippen molar-refractivity contribution in [2.75, 3.05) is 25.1 Å². The molecule has 1 amide bonds. The summed E-state index contributed by atoms with van der Waals surface area (Å²) in [7, 11) is 0. The first-order chi connectivity index (χ1) is 13.5. The summed E-state index contributed by atoms with van der Waals surface area (Å²) in [6.45, 7) is 6.43. The Kier molecular flexibility index (Phi) is 8.34. The van der Waals surface area contributed by atoms with E-state index >= 15 is 0 Å². The summed E-state index contributed by atoms with van der Waals surface area (Å²) < 4.78 is 16.0. The maximum Gasteiger partial charge on any atom is 0.309 e. The highest BCUT2D eigenvalue weighted by Gasteiger charge is 2.10. The zero-order chi connectivity index (χ0) is 20.4. The van der Waals surface area contributed by atoms with Gasteiger partial charge in [0.15, 0.2) is 18.1 Å². The molecule has 28 heavy (non-hydrogen) atoms. The van der Waals surface area contributed by atoms with E-state index in [0.29, 0.717) is 29.7 Å². The fraction of sp³-hybridized carbons (Fsp3) is 0.364. The molecule has 150 valence electrons. The molecule has 0 aliphatic heterocycles. The number of para-hydroxylation sites is 2. The second-order valence-electron chi connectivity index (χ2n) is 6.46. The molecule has 0 spiro atoms. The zero-order valence-electron chi connectivity index (χ0n) is 16.6. The quantitative estimate of drug-likeness (QED) is 0.622. The topological polar surface area (TPSA) is 73.9 Å². The number of amides is 1. The summed E-state index contributed by atoms with van der Waals surface area (Å²) in [5.74, 6) is 0.738. The number of nitrogens with one attached hydrogen (secondary N) is 1. The highest BCUT2D eigenvalue weighted by molar-refractivity contribution is 5.92. The van der Waals surface area contributed by atoms with Crippen molar-refractivity contribution in [2.24, 2.45) is 0 Å². The van der Waals surface area contributed by atoms with Crippen molar-refractivity contribution in [2.45, 2.75) is 33.1 Å². The Balaban J connectivity index is 1.70. The zero-order valence-corrected chi connectivity index (χ0v) is 16.6. The minimum absolute atomic E-state index is 0.0385. The SMILES string of the molecule is CCOc1ccccc1OCCC(=O)OCC(=O)Nc1ccc(C(C)C)cc1. The van der Waals surface area contributed by atoms with Gasteiger partial charge in [0, 0.05) is 5.69 Å². The van der Waals surface area contributed by atoms with E-state index < -0.39 is 5.97 Å². The van der Waals surface area contributed by atoms with Crippen LogP contribution < -0.4 is 14.8 Å². The van der Waals surface area contributed by atoms with Crippen molar-refractivity contribution in [1.82, 2.24) is 0 Å². The highest BCUT2D eigenvalue weighted by atomic mass is 16.5. The highest BCUT2D eigenvalue weighted by Crippen LogP contribution is 2.26. The number of ether oxygens (including phenoxy) is 3. The maximum atomic E-state index is 11.9. The van der Waals surface area contributed by atoms with Crippen molar-refractivity contribution in [3.05, 3.63) is 54.1 Å². The lowest BCUT2D eigenvalue weighted by Gasteiger charge is -2.11. The summed E-state index contributed by atoms with van der Waals surface area (Å²) in [6.07, 6.45) is 0.0385. The van der Waals surface area contributed by atoms with Gasteiger partial charge in [-0.2, -0.15) is 0 Å². The Morgan fingerprint density at radius 1 is 0.964 bits per heavy atom. The second-order valence-corrected chi connectivity index (χ2v) is 6.46. The molecule has 6 nitrogen and oxygen atoms in total. The third-order valence-electron chi connectivity index (χ3n) is 3.94. The second kappa shape index (κ2) is 11.0. The number of anilines is 1. The number of benzene rings is 2. The lowest BCUT2D eigenvalue weighted by Crippen LogP contribution is -2.21. The van der Waals surface area contributed by atoms with Gasteiger partial charge in [-0.3, -0.25) is 9.59 Å². The van der Waals surface area contributed by atoms with Crippen molar-refractivity contribution < 1.29 is 23.8 Å². The third kappa shape index (κ3) is 6.95. The summed E-state index contributed by atoms with van der Waals surface area (Å²) >= 11 is 0. The molecule has 0 aliphatic carbocycles. The molecule has 0 fully saturated rings. The monoisotopic (exact) mass is 385 g/mol. The van der Waals surface area contributed by atoms with Gasteiger partial charge in [0.25, 0.3) is 5.91 Å². The van der Waals surface area contributed by atoms with Crippen LogP contribution in [0.25, 0.3) is 0 Å². The number of carbonyl (C=O) groups is 2. The molecule has 2 rings (SSSR count). The van der Waals surface area contributed by atoms with Crippen LogP contribution in [0.15, 0.2) is 48.5 Å². The summed E-state index contributed by atoms with van der Waals surface area (Å²) in [6, 6.07) is 14.8. The van der Waals surface area contributed by atoms with Crippen LogP contribution in [0.3, 0.4) is 0 Å². The van der Waals surface area contributed by atoms with Crippen molar-refractivity contribution >= 4 is 17.6 Å². The Hall–Kier alpha value is -3.02. The average molecular weight is 385 g/mol. The van der Waals surface area contributed by atoms with Crippen LogP contribution in [0.1, 0.15) is 38.7 Å². The van der Waals surface area contributed by atoms with Crippen LogP contribution in [-0.4, -0.2) is 31.7 Å². The molecule has 0 unspecified atom stereocenters. The molecular weight excluding hydrogens is 358 g/mol. The van der Waals surface area contributed by atoms with Crippen LogP contribution in [0, 0.1) is 0 Å². The van der Waals surface area contributed by atoms with E-state index in [4.69, 9.17) is 14.2 Å². The maximum absolute atomic E-state index is 11.9. The predicted molar refractivity (Wildman–Crippen MR) is 108 cm³/mol. The lowest BCUT2D eigenvalue weighted by atomic mass is 10.0. The molecule has 0 saturated carbocycles. The Labute approximate surface area is 165 Å². The molecule has 0 aliphatic rings. The normalized spacial score (nSPS) is 10.4. The molecule has 2 aromatic carbocycles. The van der Waals surface area contributed by atoms with Crippen LogP contribution in [0.4, 0.5) is 5.69 Å². The van der Waals surface area contributed by atoms with Gasteiger partial charge in [-0.15, -0.1) is 0 Å². The fourth-order valence-corrected chi connectivity index (χ4v) is 2.46. The fourth-order valence-electron chi connectivity index (χ4n) is 2.46. The van der Waals surface area contributed by atoms with Crippen LogP contribution >= 0.6 is 0 Å².